The summed E-state index contributed by atoms with van der Waals surface area (Å²) in [6, 6.07) is 14.8. The van der Waals surface area contributed by atoms with Crippen LogP contribution in [0, 0.1) is 6.92 Å². The van der Waals surface area contributed by atoms with E-state index in [1.165, 1.54) is 12.8 Å². The highest BCUT2D eigenvalue weighted by atomic mass is 16.5. The Balaban J connectivity index is 1.36. The standard InChI is InChI=1S/C28H34N6O2/c1-4-36-27(35)23-17-20(2)26(29-19-23)33-15-13-32(14-16-33)25-18-24(22-10-6-5-7-11-22)30-28(31-25)34-12-8-9-21(34)3/h5-7,10-11,17-19,21H,4,8-9,12-16H2,1-3H3. The number of esters is 1. The molecule has 36 heavy (non-hydrogen) atoms. The number of piperazine rings is 1. The number of ether oxygens (including phenoxy) is 1. The Kier molecular flexibility index (Phi) is 7.02. The molecule has 3 aromatic rings. The van der Waals surface area contributed by atoms with Gasteiger partial charge in [0, 0.05) is 56.6 Å². The van der Waals surface area contributed by atoms with E-state index in [-0.39, 0.29) is 5.97 Å². The average molecular weight is 487 g/mol. The van der Waals surface area contributed by atoms with Crippen molar-refractivity contribution in [3.05, 3.63) is 59.8 Å². The molecule has 1 unspecified atom stereocenters. The smallest absolute Gasteiger partial charge is 0.339 e. The first-order valence-electron chi connectivity index (χ1n) is 12.9. The van der Waals surface area contributed by atoms with Crippen molar-refractivity contribution in [2.75, 3.05) is 54.0 Å². The zero-order chi connectivity index (χ0) is 25.1. The molecular weight excluding hydrogens is 452 g/mol. The third-order valence-electron chi connectivity index (χ3n) is 7.05. The van der Waals surface area contributed by atoms with Crippen LogP contribution in [-0.4, -0.2) is 66.3 Å². The highest BCUT2D eigenvalue weighted by Gasteiger charge is 2.26. The molecule has 0 saturated carbocycles. The minimum atomic E-state index is -0.328. The Bertz CT molecular complexity index is 1210. The van der Waals surface area contributed by atoms with Gasteiger partial charge in [-0.15, -0.1) is 0 Å². The van der Waals surface area contributed by atoms with Gasteiger partial charge in [0.1, 0.15) is 11.6 Å². The summed E-state index contributed by atoms with van der Waals surface area (Å²) >= 11 is 0. The van der Waals surface area contributed by atoms with Crippen molar-refractivity contribution in [2.24, 2.45) is 0 Å². The molecule has 2 fully saturated rings. The first-order chi connectivity index (χ1) is 17.5. The van der Waals surface area contributed by atoms with Crippen LogP contribution in [0.5, 0.6) is 0 Å². The molecule has 0 bridgehead atoms. The maximum Gasteiger partial charge on any atom is 0.339 e. The van der Waals surface area contributed by atoms with Gasteiger partial charge in [0.2, 0.25) is 5.95 Å². The fourth-order valence-electron chi connectivity index (χ4n) is 5.07. The summed E-state index contributed by atoms with van der Waals surface area (Å²) in [5, 5.41) is 0. The van der Waals surface area contributed by atoms with Gasteiger partial charge >= 0.3 is 5.97 Å². The Morgan fingerprint density at radius 3 is 2.44 bits per heavy atom. The molecule has 0 aliphatic carbocycles. The van der Waals surface area contributed by atoms with Crippen molar-refractivity contribution in [3.8, 4) is 11.3 Å². The number of benzene rings is 1. The average Bonchev–Trinajstić information content (AvgIpc) is 3.35. The van der Waals surface area contributed by atoms with Crippen LogP contribution in [0.15, 0.2) is 48.7 Å². The van der Waals surface area contributed by atoms with Crippen LogP contribution in [0.3, 0.4) is 0 Å². The summed E-state index contributed by atoms with van der Waals surface area (Å²) in [6.07, 6.45) is 3.97. The Labute approximate surface area is 212 Å². The van der Waals surface area contributed by atoms with Gasteiger partial charge < -0.3 is 19.4 Å². The SMILES string of the molecule is CCOC(=O)c1cnc(N2CCN(c3cc(-c4ccccc4)nc(N4CCCC4C)n3)CC2)c(C)c1. The normalized spacial score (nSPS) is 18.0. The lowest BCUT2D eigenvalue weighted by Gasteiger charge is -2.37. The number of carbonyl (C=O) groups excluding carboxylic acids is 1. The van der Waals surface area contributed by atoms with Crippen LogP contribution >= 0.6 is 0 Å². The lowest BCUT2D eigenvalue weighted by molar-refractivity contribution is 0.0526. The van der Waals surface area contributed by atoms with Gasteiger partial charge in [-0.25, -0.2) is 14.8 Å². The van der Waals surface area contributed by atoms with Crippen molar-refractivity contribution >= 4 is 23.6 Å². The molecule has 5 rings (SSSR count). The number of aromatic nitrogens is 3. The topological polar surface area (TPSA) is 74.7 Å². The number of carbonyl (C=O) groups is 1. The van der Waals surface area contributed by atoms with Crippen LogP contribution in [0.4, 0.5) is 17.6 Å². The van der Waals surface area contributed by atoms with Crippen molar-refractivity contribution in [2.45, 2.75) is 39.7 Å². The summed E-state index contributed by atoms with van der Waals surface area (Å²) in [5.41, 5.74) is 3.54. The van der Waals surface area contributed by atoms with Crippen LogP contribution in [0.2, 0.25) is 0 Å². The van der Waals surface area contributed by atoms with Gasteiger partial charge in [-0.05, 0) is 45.2 Å². The number of hydrogen-bond acceptors (Lipinski definition) is 8. The van der Waals surface area contributed by atoms with Crippen LogP contribution in [0.1, 0.15) is 42.6 Å². The molecular formula is C28H34N6O2. The number of rotatable bonds is 6. The van der Waals surface area contributed by atoms with Gasteiger partial charge in [-0.1, -0.05) is 30.3 Å². The third kappa shape index (κ3) is 4.98. The van der Waals surface area contributed by atoms with E-state index < -0.39 is 0 Å². The summed E-state index contributed by atoms with van der Waals surface area (Å²) in [6.45, 7) is 10.7. The molecule has 0 amide bonds. The second-order valence-corrected chi connectivity index (χ2v) is 9.52. The highest BCUT2D eigenvalue weighted by molar-refractivity contribution is 5.89. The predicted octanol–water partition coefficient (Wildman–Crippen LogP) is 4.34. The number of hydrogen-bond donors (Lipinski definition) is 0. The predicted molar refractivity (Wildman–Crippen MR) is 143 cm³/mol. The molecule has 4 heterocycles. The molecule has 0 radical (unpaired) electrons. The Morgan fingerprint density at radius 1 is 1.03 bits per heavy atom. The maximum absolute atomic E-state index is 12.1. The Morgan fingerprint density at radius 2 is 1.78 bits per heavy atom. The maximum atomic E-state index is 12.1. The van der Waals surface area contributed by atoms with E-state index in [0.717, 1.165) is 67.1 Å². The molecule has 2 aliphatic rings. The van der Waals surface area contributed by atoms with E-state index in [0.29, 0.717) is 18.2 Å². The van der Waals surface area contributed by atoms with E-state index in [1.54, 1.807) is 13.1 Å². The number of anilines is 3. The summed E-state index contributed by atoms with van der Waals surface area (Å²) in [7, 11) is 0. The van der Waals surface area contributed by atoms with E-state index in [1.807, 2.05) is 19.1 Å². The van der Waals surface area contributed by atoms with Gasteiger partial charge in [0.25, 0.3) is 0 Å². The zero-order valence-corrected chi connectivity index (χ0v) is 21.4. The number of pyridine rings is 1. The first-order valence-corrected chi connectivity index (χ1v) is 12.9. The largest absolute Gasteiger partial charge is 0.462 e. The fraction of sp³-hybridized carbons (Fsp3) is 0.429. The molecule has 2 aliphatic heterocycles. The third-order valence-corrected chi connectivity index (χ3v) is 7.05. The van der Waals surface area contributed by atoms with Gasteiger partial charge in [-0.2, -0.15) is 4.98 Å². The first kappa shape index (κ1) is 24.0. The van der Waals surface area contributed by atoms with Crippen molar-refractivity contribution in [3.63, 3.8) is 0 Å². The monoisotopic (exact) mass is 486 g/mol. The lowest BCUT2D eigenvalue weighted by Crippen LogP contribution is -2.47. The molecule has 2 aromatic heterocycles. The van der Waals surface area contributed by atoms with E-state index in [9.17, 15) is 4.79 Å². The van der Waals surface area contributed by atoms with E-state index in [4.69, 9.17) is 14.7 Å². The fourth-order valence-corrected chi connectivity index (χ4v) is 5.07. The van der Waals surface area contributed by atoms with Crippen LogP contribution < -0.4 is 14.7 Å². The number of nitrogens with zero attached hydrogens (tertiary/aromatic N) is 6. The quantitative estimate of drug-likeness (QED) is 0.477. The molecule has 1 aromatic carbocycles. The molecule has 0 spiro atoms. The van der Waals surface area contributed by atoms with Crippen LogP contribution in [0.25, 0.3) is 11.3 Å². The minimum Gasteiger partial charge on any atom is -0.462 e. The molecule has 1 atom stereocenters. The zero-order valence-electron chi connectivity index (χ0n) is 21.4. The minimum absolute atomic E-state index is 0.328. The number of aryl methyl sites for hydroxylation is 1. The van der Waals surface area contributed by atoms with E-state index in [2.05, 4.69) is 56.9 Å². The molecule has 8 heteroatoms. The second-order valence-electron chi connectivity index (χ2n) is 9.52. The highest BCUT2D eigenvalue weighted by Crippen LogP contribution is 2.30. The molecule has 0 N–H and O–H groups in total. The second kappa shape index (κ2) is 10.5. The Hall–Kier alpha value is -3.68. The summed E-state index contributed by atoms with van der Waals surface area (Å²) < 4.78 is 5.11. The van der Waals surface area contributed by atoms with Gasteiger partial charge in [-0.3, -0.25) is 0 Å². The molecule has 2 saturated heterocycles. The van der Waals surface area contributed by atoms with Crippen LogP contribution in [-0.2, 0) is 4.74 Å². The van der Waals surface area contributed by atoms with Crippen molar-refractivity contribution in [1.82, 2.24) is 15.0 Å². The molecule has 8 nitrogen and oxygen atoms in total. The molecule has 188 valence electrons. The lowest BCUT2D eigenvalue weighted by atomic mass is 10.1. The van der Waals surface area contributed by atoms with Gasteiger partial charge in [0.15, 0.2) is 0 Å². The van der Waals surface area contributed by atoms with Crippen molar-refractivity contribution < 1.29 is 9.53 Å². The summed E-state index contributed by atoms with van der Waals surface area (Å²) in [4.78, 5) is 33.6. The van der Waals surface area contributed by atoms with Gasteiger partial charge in [0.05, 0.1) is 17.9 Å². The van der Waals surface area contributed by atoms with Crippen molar-refractivity contribution in [1.29, 1.82) is 0 Å². The summed E-state index contributed by atoms with van der Waals surface area (Å²) in [5.74, 6) is 2.39. The van der Waals surface area contributed by atoms with E-state index >= 15 is 0 Å².